The van der Waals surface area contributed by atoms with Crippen LogP contribution in [0.15, 0.2) is 24.3 Å². The molecule has 5 nitrogen and oxygen atoms in total. The molecule has 1 aromatic rings. The second kappa shape index (κ2) is 6.93. The number of piperidine rings is 1. The van der Waals surface area contributed by atoms with Gasteiger partial charge in [0.15, 0.2) is 0 Å². The van der Waals surface area contributed by atoms with E-state index in [0.717, 1.165) is 37.2 Å². The molecule has 0 saturated carbocycles. The number of carbonyl (C=O) groups excluding carboxylic acids is 2. The minimum atomic E-state index is -0.240. The number of hydrogen-bond acceptors (Lipinski definition) is 3. The zero-order valence-electron chi connectivity index (χ0n) is 11.7. The Balaban J connectivity index is 1.81. The van der Waals surface area contributed by atoms with E-state index in [1.165, 1.54) is 13.3 Å². The van der Waals surface area contributed by atoms with Gasteiger partial charge in [-0.2, -0.15) is 0 Å². The third kappa shape index (κ3) is 4.26. The molecule has 1 fully saturated rings. The van der Waals surface area contributed by atoms with Gasteiger partial charge in [0.2, 0.25) is 5.91 Å². The van der Waals surface area contributed by atoms with Crippen LogP contribution in [0.3, 0.4) is 0 Å². The molecule has 0 aromatic heterocycles. The van der Waals surface area contributed by atoms with Gasteiger partial charge in [0.1, 0.15) is 6.61 Å². The molecule has 0 bridgehead atoms. The highest BCUT2D eigenvalue weighted by molar-refractivity contribution is 5.88. The predicted octanol–water partition coefficient (Wildman–Crippen LogP) is 2.77. The lowest BCUT2D eigenvalue weighted by Crippen LogP contribution is -2.35. The number of rotatable bonds is 3. The van der Waals surface area contributed by atoms with E-state index >= 15 is 0 Å². The van der Waals surface area contributed by atoms with Crippen molar-refractivity contribution in [3.63, 3.8) is 0 Å². The van der Waals surface area contributed by atoms with Crippen molar-refractivity contribution in [1.29, 1.82) is 0 Å². The monoisotopic (exact) mass is 276 g/mol. The molecular formula is C15H20N2O3. The van der Waals surface area contributed by atoms with Crippen molar-refractivity contribution in [2.24, 2.45) is 0 Å². The van der Waals surface area contributed by atoms with Gasteiger partial charge >= 0.3 is 6.09 Å². The SMILES string of the molecule is CC(=O)Nc1ccc(COC(=O)N2CCCCC2)cc1. The summed E-state index contributed by atoms with van der Waals surface area (Å²) in [5, 5.41) is 2.69. The van der Waals surface area contributed by atoms with Crippen LogP contribution < -0.4 is 5.32 Å². The number of nitrogens with one attached hydrogen (secondary N) is 1. The summed E-state index contributed by atoms with van der Waals surface area (Å²) in [6, 6.07) is 7.28. The van der Waals surface area contributed by atoms with Crippen molar-refractivity contribution in [2.45, 2.75) is 32.8 Å². The van der Waals surface area contributed by atoms with E-state index in [4.69, 9.17) is 4.74 Å². The maximum atomic E-state index is 11.8. The van der Waals surface area contributed by atoms with Crippen LogP contribution >= 0.6 is 0 Å². The van der Waals surface area contributed by atoms with Crippen molar-refractivity contribution in [3.05, 3.63) is 29.8 Å². The zero-order chi connectivity index (χ0) is 14.4. The van der Waals surface area contributed by atoms with E-state index in [1.807, 2.05) is 12.1 Å². The van der Waals surface area contributed by atoms with Gasteiger partial charge in [0.05, 0.1) is 0 Å². The van der Waals surface area contributed by atoms with E-state index in [2.05, 4.69) is 5.32 Å². The first-order valence-corrected chi connectivity index (χ1v) is 6.93. The molecule has 1 aliphatic rings. The molecule has 5 heteroatoms. The van der Waals surface area contributed by atoms with Gasteiger partial charge in [-0.15, -0.1) is 0 Å². The van der Waals surface area contributed by atoms with Crippen molar-refractivity contribution >= 4 is 17.7 Å². The third-order valence-electron chi connectivity index (χ3n) is 3.25. The Kier molecular flexibility index (Phi) is 4.98. The summed E-state index contributed by atoms with van der Waals surface area (Å²) in [4.78, 5) is 24.5. The molecule has 0 spiro atoms. The second-order valence-electron chi connectivity index (χ2n) is 4.98. The number of nitrogens with zero attached hydrogens (tertiary/aromatic N) is 1. The summed E-state index contributed by atoms with van der Waals surface area (Å²) in [6.45, 7) is 3.31. The molecular weight excluding hydrogens is 256 g/mol. The Hall–Kier alpha value is -2.04. The van der Waals surface area contributed by atoms with Gasteiger partial charge < -0.3 is 15.0 Å². The number of hydrogen-bond donors (Lipinski definition) is 1. The molecule has 2 amide bonds. The number of benzene rings is 1. The van der Waals surface area contributed by atoms with Crippen molar-refractivity contribution < 1.29 is 14.3 Å². The smallest absolute Gasteiger partial charge is 0.410 e. The van der Waals surface area contributed by atoms with Gasteiger partial charge in [0.25, 0.3) is 0 Å². The fourth-order valence-corrected chi connectivity index (χ4v) is 2.20. The van der Waals surface area contributed by atoms with E-state index in [1.54, 1.807) is 17.0 Å². The van der Waals surface area contributed by atoms with Crippen molar-refractivity contribution in [1.82, 2.24) is 4.90 Å². The molecule has 1 heterocycles. The van der Waals surface area contributed by atoms with E-state index in [9.17, 15) is 9.59 Å². The Bertz CT molecular complexity index is 465. The molecule has 1 saturated heterocycles. The van der Waals surface area contributed by atoms with Crippen LogP contribution in [-0.2, 0) is 16.1 Å². The van der Waals surface area contributed by atoms with Gasteiger partial charge in [-0.1, -0.05) is 12.1 Å². The molecule has 108 valence electrons. The van der Waals surface area contributed by atoms with Gasteiger partial charge in [-0.05, 0) is 37.0 Å². The molecule has 1 aliphatic heterocycles. The summed E-state index contributed by atoms with van der Waals surface area (Å²) < 4.78 is 5.29. The Labute approximate surface area is 118 Å². The summed E-state index contributed by atoms with van der Waals surface area (Å²) in [7, 11) is 0. The number of likely N-dealkylation sites (tertiary alicyclic amines) is 1. The number of anilines is 1. The normalized spacial score (nSPS) is 14.8. The number of ether oxygens (including phenoxy) is 1. The van der Waals surface area contributed by atoms with Crippen LogP contribution in [0.2, 0.25) is 0 Å². The molecule has 1 aromatic carbocycles. The highest BCUT2D eigenvalue weighted by Crippen LogP contribution is 2.13. The van der Waals surface area contributed by atoms with Crippen LogP contribution in [-0.4, -0.2) is 30.0 Å². The maximum Gasteiger partial charge on any atom is 0.410 e. The first kappa shape index (κ1) is 14.4. The van der Waals surface area contributed by atoms with Crippen molar-refractivity contribution in [3.8, 4) is 0 Å². The average molecular weight is 276 g/mol. The Morgan fingerprint density at radius 2 is 1.80 bits per heavy atom. The highest BCUT2D eigenvalue weighted by atomic mass is 16.6. The molecule has 0 aliphatic carbocycles. The fourth-order valence-electron chi connectivity index (χ4n) is 2.20. The molecule has 20 heavy (non-hydrogen) atoms. The summed E-state index contributed by atoms with van der Waals surface area (Å²) in [5.74, 6) is -0.103. The molecule has 2 rings (SSSR count). The minimum Gasteiger partial charge on any atom is -0.445 e. The molecule has 0 radical (unpaired) electrons. The third-order valence-corrected chi connectivity index (χ3v) is 3.25. The Morgan fingerprint density at radius 1 is 1.15 bits per heavy atom. The minimum absolute atomic E-state index is 0.103. The van der Waals surface area contributed by atoms with Crippen LogP contribution in [0.25, 0.3) is 0 Å². The maximum absolute atomic E-state index is 11.8. The van der Waals surface area contributed by atoms with Crippen LogP contribution in [0, 0.1) is 0 Å². The largest absolute Gasteiger partial charge is 0.445 e. The molecule has 0 unspecified atom stereocenters. The predicted molar refractivity (Wildman–Crippen MR) is 76.4 cm³/mol. The number of amides is 2. The average Bonchev–Trinajstić information content (AvgIpc) is 2.46. The van der Waals surface area contributed by atoms with Crippen LogP contribution in [0.5, 0.6) is 0 Å². The zero-order valence-corrected chi connectivity index (χ0v) is 11.7. The summed E-state index contributed by atoms with van der Waals surface area (Å²) in [5.41, 5.74) is 1.65. The topological polar surface area (TPSA) is 58.6 Å². The summed E-state index contributed by atoms with van der Waals surface area (Å²) in [6.07, 6.45) is 3.06. The van der Waals surface area contributed by atoms with Crippen LogP contribution in [0.1, 0.15) is 31.7 Å². The van der Waals surface area contributed by atoms with Gasteiger partial charge in [-0.25, -0.2) is 4.79 Å². The lowest BCUT2D eigenvalue weighted by molar-refractivity contribution is -0.114. The Morgan fingerprint density at radius 3 is 2.40 bits per heavy atom. The molecule has 1 N–H and O–H groups in total. The van der Waals surface area contributed by atoms with Crippen molar-refractivity contribution in [2.75, 3.05) is 18.4 Å². The fraction of sp³-hybridized carbons (Fsp3) is 0.467. The quantitative estimate of drug-likeness (QED) is 0.923. The highest BCUT2D eigenvalue weighted by Gasteiger charge is 2.17. The van der Waals surface area contributed by atoms with Crippen LogP contribution in [0.4, 0.5) is 10.5 Å². The number of carbonyl (C=O) groups is 2. The second-order valence-corrected chi connectivity index (χ2v) is 4.98. The van der Waals surface area contributed by atoms with E-state index < -0.39 is 0 Å². The first-order valence-electron chi connectivity index (χ1n) is 6.93. The summed E-state index contributed by atoms with van der Waals surface area (Å²) >= 11 is 0. The van der Waals surface area contributed by atoms with Gasteiger partial charge in [0, 0.05) is 25.7 Å². The van der Waals surface area contributed by atoms with E-state index in [0.29, 0.717) is 0 Å². The first-order chi connectivity index (χ1) is 9.65. The lowest BCUT2D eigenvalue weighted by Gasteiger charge is -2.25. The standard InChI is InChI=1S/C15H20N2O3/c1-12(18)16-14-7-5-13(6-8-14)11-20-15(19)17-9-3-2-4-10-17/h5-8H,2-4,9-11H2,1H3,(H,16,18). The van der Waals surface area contributed by atoms with Gasteiger partial charge in [-0.3, -0.25) is 4.79 Å². The molecule has 0 atom stereocenters. The lowest BCUT2D eigenvalue weighted by atomic mass is 10.1. The van der Waals surface area contributed by atoms with E-state index in [-0.39, 0.29) is 18.6 Å².